The highest BCUT2D eigenvalue weighted by molar-refractivity contribution is 6.39. The third-order valence-electron chi connectivity index (χ3n) is 4.85. The zero-order valence-corrected chi connectivity index (χ0v) is 18.5. The first kappa shape index (κ1) is 23.5. The molecule has 1 aliphatic rings. The van der Waals surface area contributed by atoms with E-state index in [-0.39, 0.29) is 29.6 Å². The monoisotopic (exact) mass is 452 g/mol. The fourth-order valence-corrected chi connectivity index (χ4v) is 3.21. The molecule has 9 heteroatoms. The first-order valence-electron chi connectivity index (χ1n) is 10.3. The predicted molar refractivity (Wildman–Crippen MR) is 120 cm³/mol. The Morgan fingerprint density at radius 2 is 1.76 bits per heavy atom. The van der Waals surface area contributed by atoms with Crippen molar-refractivity contribution in [1.29, 1.82) is 0 Å². The van der Waals surface area contributed by atoms with E-state index in [4.69, 9.17) is 14.6 Å². The van der Waals surface area contributed by atoms with E-state index in [1.54, 1.807) is 25.1 Å². The Morgan fingerprint density at radius 1 is 1.06 bits per heavy atom. The lowest BCUT2D eigenvalue weighted by atomic mass is 10.0. The van der Waals surface area contributed by atoms with Crippen molar-refractivity contribution in [3.8, 4) is 11.5 Å². The molecule has 0 bridgehead atoms. The summed E-state index contributed by atoms with van der Waals surface area (Å²) in [6.07, 6.45) is 1.34. The van der Waals surface area contributed by atoms with Crippen LogP contribution in [0, 0.1) is 0 Å². The summed E-state index contributed by atoms with van der Waals surface area (Å²) in [4.78, 5) is 49.6. The number of barbiturate groups is 1. The summed E-state index contributed by atoms with van der Waals surface area (Å²) in [5.74, 6) is -1.96. The molecule has 0 aromatic heterocycles. The molecule has 1 heterocycles. The number of hydrogen-bond acceptors (Lipinski definition) is 6. The van der Waals surface area contributed by atoms with E-state index < -0.39 is 30.4 Å². The molecule has 2 aromatic carbocycles. The van der Waals surface area contributed by atoms with Gasteiger partial charge in [-0.05, 0) is 54.3 Å². The lowest BCUT2D eigenvalue weighted by Gasteiger charge is -2.26. The Hall–Kier alpha value is -4.14. The molecular weight excluding hydrogens is 428 g/mol. The number of ether oxygens (including phenoxy) is 2. The Kier molecular flexibility index (Phi) is 7.12. The molecule has 3 rings (SSSR count). The van der Waals surface area contributed by atoms with Gasteiger partial charge in [0.1, 0.15) is 5.57 Å². The number of benzene rings is 2. The van der Waals surface area contributed by atoms with Crippen molar-refractivity contribution in [2.24, 2.45) is 0 Å². The number of carboxylic acid groups (broad SMARTS) is 1. The lowest BCUT2D eigenvalue weighted by molar-refractivity contribution is -0.139. The molecule has 9 nitrogen and oxygen atoms in total. The number of amides is 4. The van der Waals surface area contributed by atoms with Crippen molar-refractivity contribution in [3.05, 3.63) is 59.2 Å². The van der Waals surface area contributed by atoms with Gasteiger partial charge in [-0.3, -0.25) is 14.9 Å². The number of rotatable bonds is 8. The van der Waals surface area contributed by atoms with Crippen LogP contribution in [0.2, 0.25) is 0 Å². The van der Waals surface area contributed by atoms with Crippen molar-refractivity contribution >= 4 is 35.6 Å². The second-order valence-corrected chi connectivity index (χ2v) is 7.53. The molecule has 0 atom stereocenters. The van der Waals surface area contributed by atoms with Crippen molar-refractivity contribution in [3.63, 3.8) is 0 Å². The first-order chi connectivity index (χ1) is 15.7. The second-order valence-electron chi connectivity index (χ2n) is 7.53. The molecule has 1 saturated heterocycles. The van der Waals surface area contributed by atoms with Gasteiger partial charge < -0.3 is 14.6 Å². The van der Waals surface area contributed by atoms with Crippen molar-refractivity contribution in [2.45, 2.75) is 26.7 Å². The van der Waals surface area contributed by atoms with Gasteiger partial charge in [0.25, 0.3) is 11.8 Å². The van der Waals surface area contributed by atoms with Crippen LogP contribution in [-0.2, 0) is 14.4 Å². The molecule has 0 aliphatic carbocycles. The maximum atomic E-state index is 13.1. The Bertz CT molecular complexity index is 1120. The summed E-state index contributed by atoms with van der Waals surface area (Å²) in [7, 11) is 0. The summed E-state index contributed by atoms with van der Waals surface area (Å²) in [6.45, 7) is 5.55. The highest BCUT2D eigenvalue weighted by Gasteiger charge is 2.36. The molecule has 0 saturated carbocycles. The van der Waals surface area contributed by atoms with Gasteiger partial charge in [0, 0.05) is 0 Å². The Morgan fingerprint density at radius 3 is 2.36 bits per heavy atom. The number of anilines is 1. The fourth-order valence-electron chi connectivity index (χ4n) is 3.21. The van der Waals surface area contributed by atoms with E-state index in [9.17, 15) is 19.2 Å². The van der Waals surface area contributed by atoms with E-state index in [2.05, 4.69) is 5.32 Å². The Labute approximate surface area is 190 Å². The minimum atomic E-state index is -1.14. The minimum absolute atomic E-state index is 0.211. The molecule has 1 aliphatic heterocycles. The number of carbonyl (C=O) groups excluding carboxylic acids is 3. The smallest absolute Gasteiger partial charge is 0.341 e. The van der Waals surface area contributed by atoms with Crippen LogP contribution in [0.1, 0.15) is 37.8 Å². The van der Waals surface area contributed by atoms with E-state index in [1.165, 1.54) is 18.2 Å². The highest BCUT2D eigenvalue weighted by atomic mass is 16.5. The largest absolute Gasteiger partial charge is 0.490 e. The number of nitrogens with one attached hydrogen (secondary N) is 1. The summed E-state index contributed by atoms with van der Waals surface area (Å²) in [5, 5.41) is 11.0. The molecular formula is C24H24N2O7. The average molecular weight is 452 g/mol. The van der Waals surface area contributed by atoms with E-state index in [1.807, 2.05) is 26.0 Å². The van der Waals surface area contributed by atoms with Crippen LogP contribution in [0.4, 0.5) is 10.5 Å². The van der Waals surface area contributed by atoms with Gasteiger partial charge in [0.2, 0.25) is 0 Å². The quantitative estimate of drug-likeness (QED) is 0.465. The number of imide groups is 2. The molecule has 4 amide bonds. The SMILES string of the molecule is CCOc1cc(/C=C2\C(=O)NC(=O)N(c3ccc(C(C)C)cc3)C2=O)ccc1OCC(=O)O. The normalized spacial score (nSPS) is 15.1. The third kappa shape index (κ3) is 5.38. The van der Waals surface area contributed by atoms with Crippen molar-refractivity contribution in [2.75, 3.05) is 18.1 Å². The van der Waals surface area contributed by atoms with Gasteiger partial charge in [-0.1, -0.05) is 32.0 Å². The van der Waals surface area contributed by atoms with Gasteiger partial charge in [0.05, 0.1) is 12.3 Å². The fraction of sp³-hybridized carbons (Fsp3) is 0.250. The van der Waals surface area contributed by atoms with Gasteiger partial charge in [-0.25, -0.2) is 14.5 Å². The Balaban J connectivity index is 1.93. The van der Waals surface area contributed by atoms with Crippen LogP contribution in [0.3, 0.4) is 0 Å². The van der Waals surface area contributed by atoms with Gasteiger partial charge in [-0.2, -0.15) is 0 Å². The molecule has 2 aromatic rings. The molecule has 33 heavy (non-hydrogen) atoms. The van der Waals surface area contributed by atoms with E-state index >= 15 is 0 Å². The van der Waals surface area contributed by atoms with Crippen LogP contribution < -0.4 is 19.7 Å². The standard InChI is InChI=1S/C24H24N2O7/c1-4-32-20-12-15(5-10-19(20)33-13-21(27)28)11-18-22(29)25-24(31)26(23(18)30)17-8-6-16(7-9-17)14(2)3/h5-12,14H,4,13H2,1-3H3,(H,27,28)(H,25,29,31)/b18-11+. The van der Waals surface area contributed by atoms with Gasteiger partial charge in [-0.15, -0.1) is 0 Å². The van der Waals surface area contributed by atoms with Crippen LogP contribution in [0.15, 0.2) is 48.0 Å². The van der Waals surface area contributed by atoms with Crippen molar-refractivity contribution < 1.29 is 33.8 Å². The van der Waals surface area contributed by atoms with Crippen molar-refractivity contribution in [1.82, 2.24) is 5.32 Å². The summed E-state index contributed by atoms with van der Waals surface area (Å²) < 4.78 is 10.7. The first-order valence-corrected chi connectivity index (χ1v) is 10.3. The molecule has 0 unspecified atom stereocenters. The molecule has 0 radical (unpaired) electrons. The van der Waals surface area contributed by atoms with Crippen LogP contribution >= 0.6 is 0 Å². The van der Waals surface area contributed by atoms with E-state index in [0.717, 1.165) is 10.5 Å². The second kappa shape index (κ2) is 9.99. The van der Waals surface area contributed by atoms with Crippen LogP contribution in [0.25, 0.3) is 6.08 Å². The molecule has 172 valence electrons. The zero-order chi connectivity index (χ0) is 24.1. The maximum absolute atomic E-state index is 13.1. The minimum Gasteiger partial charge on any atom is -0.490 e. The van der Waals surface area contributed by atoms with Gasteiger partial charge >= 0.3 is 12.0 Å². The van der Waals surface area contributed by atoms with E-state index in [0.29, 0.717) is 11.3 Å². The third-order valence-corrected chi connectivity index (χ3v) is 4.85. The van der Waals surface area contributed by atoms with Crippen LogP contribution in [-0.4, -0.2) is 42.1 Å². The van der Waals surface area contributed by atoms with Gasteiger partial charge in [0.15, 0.2) is 18.1 Å². The lowest BCUT2D eigenvalue weighted by Crippen LogP contribution is -2.54. The molecule has 0 spiro atoms. The number of carboxylic acids is 1. The molecule has 2 N–H and O–H groups in total. The van der Waals surface area contributed by atoms with Crippen LogP contribution in [0.5, 0.6) is 11.5 Å². The summed E-state index contributed by atoms with van der Waals surface area (Å²) in [5.41, 5.74) is 1.59. The number of aliphatic carboxylic acids is 1. The summed E-state index contributed by atoms with van der Waals surface area (Å²) in [6, 6.07) is 10.7. The number of hydrogen-bond donors (Lipinski definition) is 2. The zero-order valence-electron chi connectivity index (χ0n) is 18.5. The predicted octanol–water partition coefficient (Wildman–Crippen LogP) is 3.34. The molecule has 1 fully saturated rings. The number of nitrogens with zero attached hydrogens (tertiary/aromatic N) is 1. The topological polar surface area (TPSA) is 122 Å². The number of carbonyl (C=O) groups is 4. The number of urea groups is 1. The highest BCUT2D eigenvalue weighted by Crippen LogP contribution is 2.30. The average Bonchev–Trinajstić information content (AvgIpc) is 2.76. The summed E-state index contributed by atoms with van der Waals surface area (Å²) >= 11 is 0. The maximum Gasteiger partial charge on any atom is 0.341 e.